The fourth-order valence-corrected chi connectivity index (χ4v) is 4.18. The van der Waals surface area contributed by atoms with Crippen molar-refractivity contribution in [3.8, 4) is 22.6 Å². The molecule has 3 N–H and O–H groups in total. The van der Waals surface area contributed by atoms with Gasteiger partial charge in [0.25, 0.3) is 0 Å². The molecule has 0 spiro atoms. The van der Waals surface area contributed by atoms with Crippen LogP contribution in [0.1, 0.15) is 19.0 Å². The zero-order valence-corrected chi connectivity index (χ0v) is 22.6. The quantitative estimate of drug-likeness (QED) is 0.285. The molecule has 1 saturated heterocycles. The van der Waals surface area contributed by atoms with Gasteiger partial charge in [0.1, 0.15) is 5.82 Å². The predicted octanol–water partition coefficient (Wildman–Crippen LogP) is 4.34. The van der Waals surface area contributed by atoms with E-state index in [9.17, 15) is 9.18 Å². The Balaban J connectivity index is 1.37. The summed E-state index contributed by atoms with van der Waals surface area (Å²) in [4.78, 5) is 32.1. The summed E-state index contributed by atoms with van der Waals surface area (Å²) >= 11 is 0. The lowest BCUT2D eigenvalue weighted by Crippen LogP contribution is -2.45. The molecule has 5 rings (SSSR count). The minimum absolute atomic E-state index is 0.131. The van der Waals surface area contributed by atoms with Crippen molar-refractivity contribution >= 4 is 17.5 Å². The number of H-pyrrole nitrogens is 1. The summed E-state index contributed by atoms with van der Waals surface area (Å²) in [5.74, 6) is 0.355. The van der Waals surface area contributed by atoms with Gasteiger partial charge in [-0.1, -0.05) is 18.2 Å². The molecule has 0 radical (unpaired) electrons. The van der Waals surface area contributed by atoms with E-state index in [4.69, 9.17) is 14.5 Å². The van der Waals surface area contributed by atoms with Crippen molar-refractivity contribution in [2.75, 3.05) is 51.0 Å². The summed E-state index contributed by atoms with van der Waals surface area (Å²) in [6.45, 7) is 3.55. The van der Waals surface area contributed by atoms with Gasteiger partial charge >= 0.3 is 0 Å². The van der Waals surface area contributed by atoms with Gasteiger partial charge < -0.3 is 30.0 Å². The topological polar surface area (TPSA) is 117 Å². The number of carbonyl (C=O) groups is 1. The molecule has 1 aliphatic rings. The average molecular weight is 546 g/mol. The molecular formula is C29H32FN7O3. The van der Waals surface area contributed by atoms with E-state index in [2.05, 4.69) is 30.5 Å². The second kappa shape index (κ2) is 11.9. The van der Waals surface area contributed by atoms with E-state index in [0.717, 1.165) is 6.54 Å². The number of amides is 1. The summed E-state index contributed by atoms with van der Waals surface area (Å²) in [6, 6.07) is 17.1. The lowest BCUT2D eigenvalue weighted by molar-refractivity contribution is -0.229. The minimum atomic E-state index is -0.888. The van der Waals surface area contributed by atoms with E-state index >= 15 is 0 Å². The standard InChI is InChI=1S/C29H32FN7O3/c1-29(27(38)33-21-7-5-4-6-8-21)17-39-26(40-18-29)25-35-23(19-9-11-20(30)12-10-19)24(36-25)22-13-14-31-28(34-22)32-15-16-37(2)3/h4-14,26H,15-18H2,1-3H3,(H,33,38)(H,35,36)(H,31,32,34). The largest absolute Gasteiger partial charge is 0.353 e. The van der Waals surface area contributed by atoms with Gasteiger partial charge in [-0.2, -0.15) is 0 Å². The fraction of sp³-hybridized carbons (Fsp3) is 0.310. The zero-order chi connectivity index (χ0) is 28.1. The van der Waals surface area contributed by atoms with Crippen LogP contribution in [0.25, 0.3) is 22.6 Å². The van der Waals surface area contributed by atoms with Crippen LogP contribution in [-0.4, -0.2) is 71.1 Å². The van der Waals surface area contributed by atoms with Crippen LogP contribution >= 0.6 is 0 Å². The zero-order valence-electron chi connectivity index (χ0n) is 22.6. The van der Waals surface area contributed by atoms with Crippen molar-refractivity contribution in [2.45, 2.75) is 13.2 Å². The van der Waals surface area contributed by atoms with Gasteiger partial charge in [-0.15, -0.1) is 0 Å². The van der Waals surface area contributed by atoms with E-state index in [1.165, 1.54) is 12.1 Å². The summed E-state index contributed by atoms with van der Waals surface area (Å²) in [7, 11) is 3.99. The number of nitrogens with zero attached hydrogens (tertiary/aromatic N) is 4. The molecule has 0 atom stereocenters. The number of imidazole rings is 1. The molecule has 10 nitrogen and oxygen atoms in total. The molecule has 2 aromatic carbocycles. The number of rotatable bonds is 9. The number of hydrogen-bond donors (Lipinski definition) is 3. The van der Waals surface area contributed by atoms with Crippen molar-refractivity contribution in [1.82, 2.24) is 24.8 Å². The number of carbonyl (C=O) groups excluding carboxylic acids is 1. The molecule has 0 aliphatic carbocycles. The molecule has 4 aromatic rings. The summed E-state index contributed by atoms with van der Waals surface area (Å²) in [5, 5.41) is 6.14. The Kier molecular flexibility index (Phi) is 8.15. The van der Waals surface area contributed by atoms with Gasteiger partial charge in [-0.3, -0.25) is 4.79 Å². The maximum atomic E-state index is 13.7. The lowest BCUT2D eigenvalue weighted by Gasteiger charge is -2.35. The number of benzene rings is 2. The van der Waals surface area contributed by atoms with E-state index in [1.54, 1.807) is 31.3 Å². The number of likely N-dealkylation sites (N-methyl/N-ethyl adjacent to an activating group) is 1. The van der Waals surface area contributed by atoms with Crippen molar-refractivity contribution < 1.29 is 18.7 Å². The smallest absolute Gasteiger partial charge is 0.234 e. The third-order valence-corrected chi connectivity index (χ3v) is 6.50. The van der Waals surface area contributed by atoms with E-state index in [-0.39, 0.29) is 24.9 Å². The minimum Gasteiger partial charge on any atom is -0.353 e. The SMILES string of the molecule is CN(C)CCNc1nccc(-c2[nH]c(C3OCC(C)(C(=O)Nc4ccccc4)CO3)nc2-c2ccc(F)cc2)n1. The number of nitrogens with one attached hydrogen (secondary N) is 3. The highest BCUT2D eigenvalue weighted by molar-refractivity contribution is 5.95. The number of aromatic nitrogens is 4. The van der Waals surface area contributed by atoms with Crippen molar-refractivity contribution in [3.05, 3.63) is 78.5 Å². The van der Waals surface area contributed by atoms with Crippen molar-refractivity contribution in [2.24, 2.45) is 5.41 Å². The molecular weight excluding hydrogens is 513 g/mol. The Hall–Kier alpha value is -4.19. The molecule has 3 heterocycles. The van der Waals surface area contributed by atoms with Gasteiger partial charge in [-0.25, -0.2) is 19.3 Å². The third-order valence-electron chi connectivity index (χ3n) is 6.50. The second-order valence-electron chi connectivity index (χ2n) is 10.2. The first-order valence-corrected chi connectivity index (χ1v) is 13.0. The molecule has 1 amide bonds. The van der Waals surface area contributed by atoms with E-state index in [1.807, 2.05) is 44.4 Å². The molecule has 40 heavy (non-hydrogen) atoms. The first-order valence-electron chi connectivity index (χ1n) is 13.0. The maximum absolute atomic E-state index is 13.7. The van der Waals surface area contributed by atoms with Gasteiger partial charge in [0.2, 0.25) is 18.1 Å². The van der Waals surface area contributed by atoms with Gasteiger partial charge in [0.15, 0.2) is 5.82 Å². The van der Waals surface area contributed by atoms with Crippen LogP contribution in [0.2, 0.25) is 0 Å². The Morgan fingerprint density at radius 3 is 2.50 bits per heavy atom. The van der Waals surface area contributed by atoms with E-state index in [0.29, 0.717) is 46.7 Å². The van der Waals surface area contributed by atoms with Crippen molar-refractivity contribution in [1.29, 1.82) is 0 Å². The molecule has 0 bridgehead atoms. The number of hydrogen-bond acceptors (Lipinski definition) is 8. The molecule has 208 valence electrons. The highest BCUT2D eigenvalue weighted by Crippen LogP contribution is 2.36. The third kappa shape index (κ3) is 6.33. The maximum Gasteiger partial charge on any atom is 0.234 e. The van der Waals surface area contributed by atoms with Gasteiger partial charge in [-0.05, 0) is 63.5 Å². The normalized spacial score (nSPS) is 19.0. The highest BCUT2D eigenvalue weighted by atomic mass is 19.1. The first-order chi connectivity index (χ1) is 19.3. The molecule has 1 fully saturated rings. The lowest BCUT2D eigenvalue weighted by atomic mass is 9.91. The van der Waals surface area contributed by atoms with Crippen LogP contribution in [0.15, 0.2) is 66.9 Å². The number of ether oxygens (including phenoxy) is 2. The van der Waals surface area contributed by atoms with Crippen LogP contribution in [0.4, 0.5) is 16.0 Å². The Morgan fingerprint density at radius 2 is 1.80 bits per heavy atom. The van der Waals surface area contributed by atoms with E-state index < -0.39 is 11.7 Å². The highest BCUT2D eigenvalue weighted by Gasteiger charge is 2.41. The summed E-state index contributed by atoms with van der Waals surface area (Å²) < 4.78 is 25.7. The van der Waals surface area contributed by atoms with Gasteiger partial charge in [0.05, 0.1) is 35.7 Å². The number of para-hydroxylation sites is 1. The Labute approximate surface area is 232 Å². The molecule has 11 heteroatoms. The van der Waals surface area contributed by atoms with Crippen molar-refractivity contribution in [3.63, 3.8) is 0 Å². The molecule has 0 saturated carbocycles. The first kappa shape index (κ1) is 27.4. The number of halogens is 1. The predicted molar refractivity (Wildman–Crippen MR) is 150 cm³/mol. The molecule has 2 aromatic heterocycles. The Morgan fingerprint density at radius 1 is 1.07 bits per heavy atom. The van der Waals surface area contributed by atoms with Crippen LogP contribution < -0.4 is 10.6 Å². The number of aromatic amines is 1. The average Bonchev–Trinajstić information content (AvgIpc) is 3.40. The van der Waals surface area contributed by atoms with Gasteiger partial charge in [0, 0.05) is 30.5 Å². The fourth-order valence-electron chi connectivity index (χ4n) is 4.18. The second-order valence-corrected chi connectivity index (χ2v) is 10.2. The molecule has 1 aliphatic heterocycles. The number of anilines is 2. The molecule has 0 unspecified atom stereocenters. The van der Waals surface area contributed by atoms with Crippen LogP contribution in [-0.2, 0) is 14.3 Å². The monoisotopic (exact) mass is 545 g/mol. The Bertz CT molecular complexity index is 1440. The van der Waals surface area contributed by atoms with Crippen LogP contribution in [0, 0.1) is 11.2 Å². The van der Waals surface area contributed by atoms with Crippen LogP contribution in [0.5, 0.6) is 0 Å². The summed E-state index contributed by atoms with van der Waals surface area (Å²) in [6.07, 6.45) is 0.838. The van der Waals surface area contributed by atoms with Crippen LogP contribution in [0.3, 0.4) is 0 Å². The summed E-state index contributed by atoms with van der Waals surface area (Å²) in [5.41, 5.74) is 2.29.